The molecule has 6 nitrogen and oxygen atoms in total. The van der Waals surface area contributed by atoms with Gasteiger partial charge in [0.2, 0.25) is 5.43 Å². The van der Waals surface area contributed by atoms with Crippen molar-refractivity contribution in [1.29, 1.82) is 0 Å². The molecule has 1 aromatic heterocycles. The molecule has 0 spiro atoms. The Labute approximate surface area is 177 Å². The van der Waals surface area contributed by atoms with Crippen molar-refractivity contribution in [2.75, 3.05) is 31.1 Å². The Balaban J connectivity index is 1.35. The number of pyridine rings is 1. The summed E-state index contributed by atoms with van der Waals surface area (Å²) in [5.41, 5.74) is 1.41. The SMILES string of the molecule is O=C(c1cc(=O)c(OCc2ccc(F)cc2)c[nH]1)N1CCN(c2ccc(F)cc2)CC1. The van der Waals surface area contributed by atoms with Crippen LogP contribution in [-0.4, -0.2) is 42.0 Å². The largest absolute Gasteiger partial charge is 0.483 e. The van der Waals surface area contributed by atoms with Gasteiger partial charge in [-0.2, -0.15) is 0 Å². The number of benzene rings is 2. The monoisotopic (exact) mass is 425 g/mol. The summed E-state index contributed by atoms with van der Waals surface area (Å²) in [4.78, 5) is 31.7. The molecular weight excluding hydrogens is 404 g/mol. The van der Waals surface area contributed by atoms with E-state index in [0.29, 0.717) is 26.2 Å². The van der Waals surface area contributed by atoms with E-state index in [1.807, 2.05) is 0 Å². The molecule has 1 fully saturated rings. The molecule has 1 N–H and O–H groups in total. The van der Waals surface area contributed by atoms with Crippen LogP contribution < -0.4 is 15.1 Å². The van der Waals surface area contributed by atoms with Gasteiger partial charge in [-0.3, -0.25) is 9.59 Å². The maximum atomic E-state index is 13.1. The smallest absolute Gasteiger partial charge is 0.270 e. The van der Waals surface area contributed by atoms with Gasteiger partial charge in [-0.25, -0.2) is 8.78 Å². The first-order valence-corrected chi connectivity index (χ1v) is 9.89. The van der Waals surface area contributed by atoms with Gasteiger partial charge in [0, 0.05) is 44.1 Å². The Morgan fingerprint density at radius 1 is 0.935 bits per heavy atom. The topological polar surface area (TPSA) is 65.6 Å². The highest BCUT2D eigenvalue weighted by atomic mass is 19.1. The fraction of sp³-hybridized carbons (Fsp3) is 0.217. The molecule has 1 saturated heterocycles. The molecule has 0 atom stereocenters. The second kappa shape index (κ2) is 8.99. The van der Waals surface area contributed by atoms with E-state index in [1.165, 1.54) is 36.5 Å². The first kappa shape index (κ1) is 20.6. The number of halogens is 2. The van der Waals surface area contributed by atoms with Gasteiger partial charge in [0.25, 0.3) is 5.91 Å². The molecule has 0 saturated carbocycles. The summed E-state index contributed by atoms with van der Waals surface area (Å²) < 4.78 is 31.5. The molecule has 1 aliphatic heterocycles. The van der Waals surface area contributed by atoms with Gasteiger partial charge in [0.15, 0.2) is 5.75 Å². The minimum Gasteiger partial charge on any atom is -0.483 e. The predicted octanol–water partition coefficient (Wildman–Crippen LogP) is 3.19. The normalized spacial score (nSPS) is 13.9. The number of carbonyl (C=O) groups is 1. The molecule has 1 amide bonds. The maximum absolute atomic E-state index is 13.1. The van der Waals surface area contributed by atoms with Crippen LogP contribution in [0.5, 0.6) is 5.75 Å². The summed E-state index contributed by atoms with van der Waals surface area (Å²) in [6.45, 7) is 2.31. The van der Waals surface area contributed by atoms with E-state index in [9.17, 15) is 18.4 Å². The molecule has 3 aromatic rings. The fourth-order valence-electron chi connectivity index (χ4n) is 3.43. The van der Waals surface area contributed by atoms with Crippen LogP contribution in [0.1, 0.15) is 16.1 Å². The molecule has 0 bridgehead atoms. The van der Waals surface area contributed by atoms with Crippen LogP contribution >= 0.6 is 0 Å². The summed E-state index contributed by atoms with van der Waals surface area (Å²) in [5, 5.41) is 0. The zero-order valence-electron chi connectivity index (χ0n) is 16.7. The average molecular weight is 425 g/mol. The Morgan fingerprint density at radius 2 is 1.55 bits per heavy atom. The number of amides is 1. The van der Waals surface area contributed by atoms with Crippen molar-refractivity contribution in [2.24, 2.45) is 0 Å². The number of rotatable bonds is 5. The number of H-pyrrole nitrogens is 1. The third-order valence-corrected chi connectivity index (χ3v) is 5.17. The standard InChI is InChI=1S/C23H21F2N3O3/c24-17-3-1-16(2-4-17)15-31-22-14-26-20(13-21(22)29)23(30)28-11-9-27(10-12-28)19-7-5-18(25)6-8-19/h1-8,13-14H,9-12,15H2,(H,26,29). The summed E-state index contributed by atoms with van der Waals surface area (Å²) >= 11 is 0. The second-order valence-electron chi connectivity index (χ2n) is 7.25. The Morgan fingerprint density at radius 3 is 2.16 bits per heavy atom. The molecule has 0 aliphatic carbocycles. The molecule has 1 aliphatic rings. The average Bonchev–Trinajstić information content (AvgIpc) is 2.79. The molecule has 31 heavy (non-hydrogen) atoms. The van der Waals surface area contributed by atoms with Gasteiger partial charge in [0.1, 0.15) is 23.9 Å². The lowest BCUT2D eigenvalue weighted by molar-refractivity contribution is 0.0740. The van der Waals surface area contributed by atoms with E-state index in [4.69, 9.17) is 4.74 Å². The summed E-state index contributed by atoms with van der Waals surface area (Å²) in [6, 6.07) is 13.3. The van der Waals surface area contributed by atoms with E-state index in [0.717, 1.165) is 11.3 Å². The van der Waals surface area contributed by atoms with Crippen LogP contribution in [0.3, 0.4) is 0 Å². The first-order chi connectivity index (χ1) is 15.0. The number of carbonyl (C=O) groups excluding carboxylic acids is 1. The minimum absolute atomic E-state index is 0.0852. The Hall–Kier alpha value is -3.68. The molecular formula is C23H21F2N3O3. The molecule has 160 valence electrons. The second-order valence-corrected chi connectivity index (χ2v) is 7.25. The van der Waals surface area contributed by atoms with Crippen molar-refractivity contribution in [1.82, 2.24) is 9.88 Å². The van der Waals surface area contributed by atoms with E-state index >= 15 is 0 Å². The Kier molecular flexibility index (Phi) is 5.97. The predicted molar refractivity (Wildman–Crippen MR) is 112 cm³/mol. The van der Waals surface area contributed by atoms with Crippen molar-refractivity contribution in [3.8, 4) is 5.75 Å². The lowest BCUT2D eigenvalue weighted by Gasteiger charge is -2.36. The first-order valence-electron chi connectivity index (χ1n) is 9.89. The van der Waals surface area contributed by atoms with Crippen LogP contribution in [0.25, 0.3) is 0 Å². The van der Waals surface area contributed by atoms with E-state index < -0.39 is 5.43 Å². The molecule has 8 heteroatoms. The van der Waals surface area contributed by atoms with Gasteiger partial charge in [-0.1, -0.05) is 12.1 Å². The van der Waals surface area contributed by atoms with Crippen molar-refractivity contribution < 1.29 is 18.3 Å². The summed E-state index contributed by atoms with van der Waals surface area (Å²) in [7, 11) is 0. The molecule has 2 aromatic carbocycles. The quantitative estimate of drug-likeness (QED) is 0.682. The minimum atomic E-state index is -0.408. The lowest BCUT2D eigenvalue weighted by atomic mass is 10.2. The zero-order valence-corrected chi connectivity index (χ0v) is 16.7. The molecule has 4 rings (SSSR count). The Bertz CT molecular complexity index is 1110. The number of piperazine rings is 1. The third-order valence-electron chi connectivity index (χ3n) is 5.17. The van der Waals surface area contributed by atoms with Crippen LogP contribution in [0.15, 0.2) is 65.6 Å². The van der Waals surface area contributed by atoms with Crippen molar-refractivity contribution >= 4 is 11.6 Å². The number of ether oxygens (including phenoxy) is 1. The van der Waals surface area contributed by atoms with Gasteiger partial charge in [0.05, 0.1) is 0 Å². The van der Waals surface area contributed by atoms with Gasteiger partial charge in [-0.05, 0) is 42.0 Å². The van der Waals surface area contributed by atoms with Crippen molar-refractivity contribution in [2.45, 2.75) is 6.61 Å². The van der Waals surface area contributed by atoms with E-state index in [-0.39, 0.29) is 35.6 Å². The highest BCUT2D eigenvalue weighted by Gasteiger charge is 2.23. The van der Waals surface area contributed by atoms with E-state index in [2.05, 4.69) is 9.88 Å². The number of nitrogens with one attached hydrogen (secondary N) is 1. The van der Waals surface area contributed by atoms with Crippen LogP contribution in [0, 0.1) is 11.6 Å². The summed E-state index contributed by atoms with van der Waals surface area (Å²) in [5.74, 6) is -0.808. The van der Waals surface area contributed by atoms with Crippen LogP contribution in [0.2, 0.25) is 0 Å². The number of aromatic nitrogens is 1. The van der Waals surface area contributed by atoms with Gasteiger partial charge in [-0.15, -0.1) is 0 Å². The van der Waals surface area contributed by atoms with Crippen molar-refractivity contribution in [3.05, 3.63) is 93.9 Å². The highest BCUT2D eigenvalue weighted by Crippen LogP contribution is 2.18. The fourth-order valence-corrected chi connectivity index (χ4v) is 3.43. The van der Waals surface area contributed by atoms with Crippen LogP contribution in [0.4, 0.5) is 14.5 Å². The number of hydrogen-bond acceptors (Lipinski definition) is 4. The molecule has 2 heterocycles. The van der Waals surface area contributed by atoms with E-state index in [1.54, 1.807) is 29.2 Å². The summed E-state index contributed by atoms with van der Waals surface area (Å²) in [6.07, 6.45) is 1.37. The highest BCUT2D eigenvalue weighted by molar-refractivity contribution is 5.92. The third kappa shape index (κ3) is 4.91. The molecule has 0 unspecified atom stereocenters. The number of anilines is 1. The van der Waals surface area contributed by atoms with Crippen molar-refractivity contribution in [3.63, 3.8) is 0 Å². The lowest BCUT2D eigenvalue weighted by Crippen LogP contribution is -2.49. The maximum Gasteiger partial charge on any atom is 0.270 e. The van der Waals surface area contributed by atoms with Gasteiger partial charge < -0.3 is 19.5 Å². The zero-order chi connectivity index (χ0) is 21.8. The number of hydrogen-bond donors (Lipinski definition) is 1. The number of aromatic amines is 1. The number of nitrogens with zero attached hydrogens (tertiary/aromatic N) is 2. The van der Waals surface area contributed by atoms with Crippen LogP contribution in [-0.2, 0) is 6.61 Å². The van der Waals surface area contributed by atoms with Gasteiger partial charge >= 0.3 is 0 Å². The molecule has 0 radical (unpaired) electrons.